The Bertz CT molecular complexity index is 1060. The van der Waals surface area contributed by atoms with E-state index >= 15 is 0 Å². The van der Waals surface area contributed by atoms with Crippen LogP contribution in [-0.4, -0.2) is 26.1 Å². The normalized spacial score (nSPS) is 10.8. The minimum atomic E-state index is -0.236. The van der Waals surface area contributed by atoms with Crippen LogP contribution in [0, 0.1) is 6.92 Å². The average Bonchev–Trinajstić information content (AvgIpc) is 3.06. The largest absolute Gasteiger partial charge is 0.296 e. The molecule has 3 aromatic heterocycles. The quantitative estimate of drug-likeness (QED) is 0.611. The molecule has 0 spiro atoms. The number of hydrogen-bond donors (Lipinski definition) is 1. The fourth-order valence-corrected chi connectivity index (χ4v) is 3.12. The Morgan fingerprint density at radius 1 is 1.12 bits per heavy atom. The van der Waals surface area contributed by atoms with Gasteiger partial charge in [-0.25, -0.2) is 4.98 Å². The molecule has 0 saturated heterocycles. The molecular weight excluding hydrogens is 334 g/mol. The van der Waals surface area contributed by atoms with Gasteiger partial charge in [0.25, 0.3) is 5.91 Å². The number of fused-ring (bicyclic) bond motifs is 1. The summed E-state index contributed by atoms with van der Waals surface area (Å²) in [5.41, 5.74) is 2.85. The van der Waals surface area contributed by atoms with Gasteiger partial charge in [-0.2, -0.15) is 0 Å². The molecule has 4 aromatic rings. The van der Waals surface area contributed by atoms with Crippen LogP contribution in [0.4, 0.5) is 5.13 Å². The summed E-state index contributed by atoms with van der Waals surface area (Å²) in [5, 5.41) is 12.8. The van der Waals surface area contributed by atoms with E-state index < -0.39 is 0 Å². The van der Waals surface area contributed by atoms with E-state index in [-0.39, 0.29) is 5.91 Å². The van der Waals surface area contributed by atoms with E-state index in [2.05, 4.69) is 25.5 Å². The molecule has 1 N–H and O–H groups in total. The highest BCUT2D eigenvalue weighted by Crippen LogP contribution is 2.25. The molecule has 0 aliphatic rings. The SMILES string of the molecule is Cc1nnc(NC(=O)c2cc(-c3cccnc3)nc3ccccc23)s1. The van der Waals surface area contributed by atoms with Crippen molar-refractivity contribution in [2.45, 2.75) is 6.92 Å². The van der Waals surface area contributed by atoms with Crippen LogP contribution in [0.1, 0.15) is 15.4 Å². The number of aryl methyl sites for hydroxylation is 1. The molecule has 0 radical (unpaired) electrons. The summed E-state index contributed by atoms with van der Waals surface area (Å²) in [6, 6.07) is 13.1. The van der Waals surface area contributed by atoms with E-state index in [1.165, 1.54) is 11.3 Å². The summed E-state index contributed by atoms with van der Waals surface area (Å²) in [5.74, 6) is -0.236. The Kier molecular flexibility index (Phi) is 3.91. The van der Waals surface area contributed by atoms with Gasteiger partial charge in [0.15, 0.2) is 0 Å². The van der Waals surface area contributed by atoms with Crippen LogP contribution < -0.4 is 5.32 Å². The fraction of sp³-hybridized carbons (Fsp3) is 0.0556. The first kappa shape index (κ1) is 15.3. The maximum atomic E-state index is 12.8. The Morgan fingerprint density at radius 3 is 2.76 bits per heavy atom. The van der Waals surface area contributed by atoms with Crippen LogP contribution in [0.25, 0.3) is 22.2 Å². The van der Waals surface area contributed by atoms with Gasteiger partial charge in [-0.3, -0.25) is 15.1 Å². The number of benzene rings is 1. The van der Waals surface area contributed by atoms with E-state index in [1.54, 1.807) is 18.5 Å². The minimum absolute atomic E-state index is 0.236. The van der Waals surface area contributed by atoms with Crippen molar-refractivity contribution in [1.82, 2.24) is 20.2 Å². The Morgan fingerprint density at radius 2 is 2.00 bits per heavy atom. The van der Waals surface area contributed by atoms with Crippen molar-refractivity contribution in [1.29, 1.82) is 0 Å². The van der Waals surface area contributed by atoms with Crippen molar-refractivity contribution < 1.29 is 4.79 Å². The number of carbonyl (C=O) groups excluding carboxylic acids is 1. The number of carbonyl (C=O) groups is 1. The van der Waals surface area contributed by atoms with Gasteiger partial charge in [0, 0.05) is 23.3 Å². The first-order valence-corrected chi connectivity index (χ1v) is 8.44. The highest BCUT2D eigenvalue weighted by molar-refractivity contribution is 7.15. The van der Waals surface area contributed by atoms with E-state index in [0.717, 1.165) is 21.5 Å². The molecule has 0 aliphatic heterocycles. The molecule has 4 rings (SSSR count). The van der Waals surface area contributed by atoms with Crippen LogP contribution in [-0.2, 0) is 0 Å². The summed E-state index contributed by atoms with van der Waals surface area (Å²) in [6.45, 7) is 1.84. The number of aromatic nitrogens is 4. The van der Waals surface area contributed by atoms with Crippen molar-refractivity contribution in [3.05, 3.63) is 65.4 Å². The summed E-state index contributed by atoms with van der Waals surface area (Å²) in [7, 11) is 0. The van der Waals surface area contributed by atoms with Crippen molar-refractivity contribution in [3.63, 3.8) is 0 Å². The molecule has 0 aliphatic carbocycles. The number of nitrogens with zero attached hydrogens (tertiary/aromatic N) is 4. The third kappa shape index (κ3) is 3.09. The Hall–Kier alpha value is -3.19. The zero-order valence-corrected chi connectivity index (χ0v) is 14.1. The molecule has 0 unspecified atom stereocenters. The van der Waals surface area contributed by atoms with E-state index in [9.17, 15) is 4.79 Å². The maximum Gasteiger partial charge on any atom is 0.258 e. The van der Waals surface area contributed by atoms with Gasteiger partial charge in [0.2, 0.25) is 5.13 Å². The van der Waals surface area contributed by atoms with Crippen molar-refractivity contribution in [2.24, 2.45) is 0 Å². The number of hydrogen-bond acceptors (Lipinski definition) is 6. The van der Waals surface area contributed by atoms with Crippen molar-refractivity contribution >= 4 is 33.3 Å². The van der Waals surface area contributed by atoms with Crippen molar-refractivity contribution in [2.75, 3.05) is 5.32 Å². The highest BCUT2D eigenvalue weighted by atomic mass is 32.1. The molecule has 0 fully saturated rings. The van der Waals surface area contributed by atoms with E-state index in [1.807, 2.05) is 43.3 Å². The standard InChI is InChI=1S/C18H13N5OS/c1-11-22-23-18(25-11)21-17(24)14-9-16(12-5-4-8-19-10-12)20-15-7-3-2-6-13(14)15/h2-10H,1H3,(H,21,23,24). The number of pyridine rings is 2. The number of amides is 1. The van der Waals surface area contributed by atoms with Gasteiger partial charge >= 0.3 is 0 Å². The number of anilines is 1. The Balaban J connectivity index is 1.82. The lowest BCUT2D eigenvalue weighted by atomic mass is 10.0. The van der Waals surface area contributed by atoms with Crippen LogP contribution >= 0.6 is 11.3 Å². The average molecular weight is 347 g/mol. The van der Waals surface area contributed by atoms with Gasteiger partial charge < -0.3 is 0 Å². The summed E-state index contributed by atoms with van der Waals surface area (Å²) in [6.07, 6.45) is 3.43. The lowest BCUT2D eigenvalue weighted by Gasteiger charge is -2.09. The lowest BCUT2D eigenvalue weighted by molar-refractivity contribution is 0.102. The summed E-state index contributed by atoms with van der Waals surface area (Å²) in [4.78, 5) is 21.6. The second-order valence-electron chi connectivity index (χ2n) is 5.39. The number of para-hydroxylation sites is 1. The maximum absolute atomic E-state index is 12.8. The second kappa shape index (κ2) is 6.37. The molecule has 25 heavy (non-hydrogen) atoms. The molecule has 6 nitrogen and oxygen atoms in total. The smallest absolute Gasteiger partial charge is 0.258 e. The molecular formula is C18H13N5OS. The molecule has 0 bridgehead atoms. The number of rotatable bonds is 3. The molecule has 1 amide bonds. The molecule has 122 valence electrons. The van der Waals surface area contributed by atoms with Gasteiger partial charge in [0.1, 0.15) is 5.01 Å². The zero-order chi connectivity index (χ0) is 17.2. The summed E-state index contributed by atoms with van der Waals surface area (Å²) < 4.78 is 0. The topological polar surface area (TPSA) is 80.7 Å². The van der Waals surface area contributed by atoms with E-state index in [0.29, 0.717) is 16.4 Å². The molecule has 7 heteroatoms. The van der Waals surface area contributed by atoms with Crippen LogP contribution in [0.3, 0.4) is 0 Å². The third-order valence-electron chi connectivity index (χ3n) is 3.66. The Labute approximate surface area is 147 Å². The predicted octanol–water partition coefficient (Wildman–Crippen LogP) is 3.71. The van der Waals surface area contributed by atoms with Crippen molar-refractivity contribution in [3.8, 4) is 11.3 Å². The second-order valence-corrected chi connectivity index (χ2v) is 6.58. The number of nitrogens with one attached hydrogen (secondary N) is 1. The lowest BCUT2D eigenvalue weighted by Crippen LogP contribution is -2.13. The van der Waals surface area contributed by atoms with E-state index in [4.69, 9.17) is 0 Å². The molecule has 3 heterocycles. The first-order chi connectivity index (χ1) is 12.2. The first-order valence-electron chi connectivity index (χ1n) is 7.62. The van der Waals surface area contributed by atoms with Gasteiger partial charge in [-0.15, -0.1) is 10.2 Å². The molecule has 1 aromatic carbocycles. The summed E-state index contributed by atoms with van der Waals surface area (Å²) >= 11 is 1.34. The third-order valence-corrected chi connectivity index (χ3v) is 4.42. The zero-order valence-electron chi connectivity index (χ0n) is 13.3. The van der Waals surface area contributed by atoms with Crippen LogP contribution in [0.15, 0.2) is 54.9 Å². The monoisotopic (exact) mass is 347 g/mol. The van der Waals surface area contributed by atoms with Gasteiger partial charge in [-0.1, -0.05) is 29.5 Å². The fourth-order valence-electron chi connectivity index (χ4n) is 2.54. The van der Waals surface area contributed by atoms with Gasteiger partial charge in [-0.05, 0) is 31.2 Å². The molecule has 0 saturated carbocycles. The van der Waals surface area contributed by atoms with Crippen LogP contribution in [0.5, 0.6) is 0 Å². The van der Waals surface area contributed by atoms with Crippen LogP contribution in [0.2, 0.25) is 0 Å². The minimum Gasteiger partial charge on any atom is -0.296 e. The highest BCUT2D eigenvalue weighted by Gasteiger charge is 2.15. The molecule has 0 atom stereocenters. The predicted molar refractivity (Wildman–Crippen MR) is 97.6 cm³/mol. The van der Waals surface area contributed by atoms with Gasteiger partial charge in [0.05, 0.1) is 16.8 Å².